The first-order valence-electron chi connectivity index (χ1n) is 9.90. The van der Waals surface area contributed by atoms with E-state index in [0.29, 0.717) is 0 Å². The summed E-state index contributed by atoms with van der Waals surface area (Å²) in [6, 6.07) is 17.6. The highest BCUT2D eigenvalue weighted by atomic mass is 35.7. The lowest BCUT2D eigenvalue weighted by molar-refractivity contribution is -2.00. The Hall–Kier alpha value is -1.13. The molecule has 14 heteroatoms. The van der Waals surface area contributed by atoms with E-state index in [4.69, 9.17) is 47.0 Å². The van der Waals surface area contributed by atoms with E-state index in [9.17, 15) is 0 Å². The molecule has 10 nitrogen and oxygen atoms in total. The normalized spacial score (nSPS) is 14.2. The summed E-state index contributed by atoms with van der Waals surface area (Å²) in [6.45, 7) is 10.5. The molecule has 1 N–H and O–H groups in total. The third-order valence-electron chi connectivity index (χ3n) is 3.81. The number of halogens is 2. The zero-order valence-corrected chi connectivity index (χ0v) is 22.8. The smallest absolute Gasteiger partial charge is 0.180 e. The second-order valence-corrected chi connectivity index (χ2v) is 12.5. The predicted molar refractivity (Wildman–Crippen MR) is 111 cm³/mol. The van der Waals surface area contributed by atoms with Crippen molar-refractivity contribution in [3.63, 3.8) is 0 Å². The molecule has 0 amide bonds. The molecule has 0 bridgehead atoms. The van der Waals surface area contributed by atoms with Gasteiger partial charge in [-0.25, -0.2) is 23.6 Å². The zero-order chi connectivity index (χ0) is 27.0. The van der Waals surface area contributed by atoms with Crippen LogP contribution in [0.4, 0.5) is 0 Å². The van der Waals surface area contributed by atoms with E-state index < -0.39 is 20.5 Å². The van der Waals surface area contributed by atoms with Crippen LogP contribution >= 0.6 is 11.8 Å². The number of aliphatic imine (C=N–C) groups is 1. The molecule has 2 aromatic rings. The maximum Gasteiger partial charge on any atom is 0.180 e. The van der Waals surface area contributed by atoms with Crippen molar-refractivity contribution in [2.24, 2.45) is 4.99 Å². The maximum absolute atomic E-state index is 8.60. The van der Waals surface area contributed by atoms with Crippen LogP contribution in [-0.4, -0.2) is 28.0 Å². The fourth-order valence-electron chi connectivity index (χ4n) is 3.05. The quantitative estimate of drug-likeness (QED) is 0.222. The number of fused-ring (bicyclic) bond motifs is 2. The van der Waals surface area contributed by atoms with Gasteiger partial charge in [-0.3, -0.25) is 0 Å². The Kier molecular flexibility index (Phi) is 12.2. The molecule has 0 aliphatic carbocycles. The van der Waals surface area contributed by atoms with Crippen LogP contribution in [0.3, 0.4) is 0 Å². The first kappa shape index (κ1) is 31.9. The van der Waals surface area contributed by atoms with Gasteiger partial charge in [-0.1, -0.05) is 36.0 Å². The minimum absolute atomic E-state index is 0.0234. The van der Waals surface area contributed by atoms with Gasteiger partial charge >= 0.3 is 0 Å². The van der Waals surface area contributed by atoms with E-state index in [1.54, 1.807) is 0 Å². The third-order valence-corrected chi connectivity index (χ3v) is 7.99. The molecule has 1 heterocycles. The van der Waals surface area contributed by atoms with Crippen molar-refractivity contribution >= 4 is 28.6 Å². The first-order chi connectivity index (χ1) is 15.9. The number of ether oxygens (including phenoxy) is 1. The summed E-state index contributed by atoms with van der Waals surface area (Å²) in [5.74, 6) is 1.76. The summed E-state index contributed by atoms with van der Waals surface area (Å²) in [7, 11) is -9.62. The van der Waals surface area contributed by atoms with Crippen LogP contribution in [0.5, 0.6) is 0 Å². The fraction of sp³-hybridized carbons (Fsp3) is 0.381. The highest BCUT2D eigenvalue weighted by Crippen LogP contribution is 2.46. The van der Waals surface area contributed by atoms with E-state index in [2.05, 4.69) is 62.4 Å². The Bertz CT molecular complexity index is 910. The van der Waals surface area contributed by atoms with Crippen molar-refractivity contribution in [2.45, 2.75) is 65.8 Å². The Morgan fingerprint density at radius 2 is 1.31 bits per heavy atom. The molecule has 2 aromatic carbocycles. The molecule has 1 aliphatic rings. The number of rotatable bonds is 4. The molecule has 1 aliphatic heterocycles. The second-order valence-electron chi connectivity index (χ2n) is 7.91. The van der Waals surface area contributed by atoms with Crippen molar-refractivity contribution in [3.05, 3.63) is 48.5 Å². The van der Waals surface area contributed by atoms with Crippen LogP contribution < -0.4 is 32.6 Å². The molecule has 196 valence electrons. The topological polar surface area (TPSA) is 203 Å². The highest BCUT2D eigenvalue weighted by Gasteiger charge is 2.40. The standard InChI is InChI=1S/C21H26NOS2.2ClHO4/c1-15(2)23-16(3)22-21(4,5)14-25-19-12-8-6-10-17(19)24-18-11-7-9-13-20(18)25;2*2-1(3,4)5/h6-13,15H,14H2,1-5H3;2*(H,2,3,4,5)/q+1;;/p-1. The Morgan fingerprint density at radius 3 is 1.69 bits per heavy atom. The largest absolute Gasteiger partial charge is 0.479 e. The molecule has 0 radical (unpaired) electrons. The third kappa shape index (κ3) is 14.3. The molecule has 3 rings (SSSR count). The van der Waals surface area contributed by atoms with E-state index in [1.807, 2.05) is 32.5 Å². The average molecular weight is 572 g/mol. The lowest BCUT2D eigenvalue weighted by atomic mass is 10.1. The van der Waals surface area contributed by atoms with Gasteiger partial charge in [0.05, 0.1) is 41.7 Å². The number of hydrogen-bond donors (Lipinski definition) is 1. The van der Waals surface area contributed by atoms with Crippen LogP contribution in [0, 0.1) is 20.5 Å². The van der Waals surface area contributed by atoms with Crippen LogP contribution in [0.2, 0.25) is 0 Å². The van der Waals surface area contributed by atoms with Crippen molar-refractivity contribution in [2.75, 3.05) is 5.75 Å². The van der Waals surface area contributed by atoms with Crippen LogP contribution in [-0.2, 0) is 15.6 Å². The van der Waals surface area contributed by atoms with Crippen LogP contribution in [0.25, 0.3) is 0 Å². The Morgan fingerprint density at radius 1 is 0.943 bits per heavy atom. The molecule has 0 aromatic heterocycles. The summed E-state index contributed by atoms with van der Waals surface area (Å²) >= 11 is 1.88. The number of nitrogens with zero attached hydrogens (tertiary/aromatic N) is 1. The maximum atomic E-state index is 8.60. The molecule has 0 saturated carbocycles. The van der Waals surface area contributed by atoms with Crippen molar-refractivity contribution in [3.8, 4) is 0 Å². The minimum Gasteiger partial charge on any atom is -0.479 e. The summed E-state index contributed by atoms with van der Waals surface area (Å²) in [5.41, 5.74) is -0.176. The fourth-order valence-corrected chi connectivity index (χ4v) is 7.20. The lowest BCUT2D eigenvalue weighted by Crippen LogP contribution is -2.68. The summed E-state index contributed by atoms with van der Waals surface area (Å²) in [5, 5.41) is 0. The Balaban J connectivity index is 0.000000519. The molecule has 0 unspecified atom stereocenters. The number of hydrogen-bond acceptors (Lipinski definition) is 11. The van der Waals surface area contributed by atoms with Crippen molar-refractivity contribution in [1.29, 1.82) is 0 Å². The van der Waals surface area contributed by atoms with E-state index in [0.717, 1.165) is 11.7 Å². The average Bonchev–Trinajstić information content (AvgIpc) is 2.64. The summed E-state index contributed by atoms with van der Waals surface area (Å²) in [4.78, 5) is 10.5. The van der Waals surface area contributed by atoms with Gasteiger partial charge in [0.15, 0.2) is 15.7 Å². The lowest BCUT2D eigenvalue weighted by Gasteiger charge is -2.25. The molecule has 0 spiro atoms. The van der Waals surface area contributed by atoms with Gasteiger partial charge < -0.3 is 4.74 Å². The van der Waals surface area contributed by atoms with E-state index >= 15 is 0 Å². The molecular formula is C21H27Cl2NO9S2. The van der Waals surface area contributed by atoms with Gasteiger partial charge in [-0.15, -0.1) is 10.2 Å². The Labute approximate surface area is 215 Å². The van der Waals surface area contributed by atoms with E-state index in [-0.39, 0.29) is 22.5 Å². The van der Waals surface area contributed by atoms with Gasteiger partial charge in [0, 0.05) is 6.92 Å². The van der Waals surface area contributed by atoms with Gasteiger partial charge in [0.1, 0.15) is 11.3 Å². The highest BCUT2D eigenvalue weighted by molar-refractivity contribution is 8.04. The zero-order valence-electron chi connectivity index (χ0n) is 19.6. The van der Waals surface area contributed by atoms with Gasteiger partial charge in [0.2, 0.25) is 0 Å². The minimum atomic E-state index is -4.94. The molecule has 35 heavy (non-hydrogen) atoms. The van der Waals surface area contributed by atoms with Crippen LogP contribution in [0.15, 0.2) is 73.1 Å². The monoisotopic (exact) mass is 571 g/mol. The van der Waals surface area contributed by atoms with Gasteiger partial charge in [-0.05, 0) is 52.0 Å². The summed E-state index contributed by atoms with van der Waals surface area (Å²) in [6.07, 6.45) is 0.162. The predicted octanol–water partition coefficient (Wildman–Crippen LogP) is -3.07. The molecular weight excluding hydrogens is 545 g/mol. The second kappa shape index (κ2) is 13.4. The van der Waals surface area contributed by atoms with Gasteiger partial charge in [-0.2, -0.15) is 14.0 Å². The molecule has 0 fully saturated rings. The number of benzene rings is 2. The van der Waals surface area contributed by atoms with E-state index in [1.165, 1.54) is 19.6 Å². The van der Waals surface area contributed by atoms with Crippen molar-refractivity contribution < 1.29 is 62.5 Å². The first-order valence-corrected chi connectivity index (χ1v) is 14.6. The van der Waals surface area contributed by atoms with Crippen molar-refractivity contribution in [1.82, 2.24) is 0 Å². The SMILES string of the molecule is CC(=NC(C)(C)C[S+]1c2ccccc2Sc2ccccc21)OC(C)C.[O-][Cl+3]([O-])([O-])O.[O-][Cl+3]([O-])([O-])[O-]. The van der Waals surface area contributed by atoms with Crippen LogP contribution in [0.1, 0.15) is 34.6 Å². The molecule has 0 atom stereocenters. The van der Waals surface area contributed by atoms with Gasteiger partial charge in [0.25, 0.3) is 0 Å². The summed E-state index contributed by atoms with van der Waals surface area (Å²) < 4.78 is 72.5. The molecule has 0 saturated heterocycles.